The molecule has 0 amide bonds. The summed E-state index contributed by atoms with van der Waals surface area (Å²) in [6.07, 6.45) is 8.52. The fourth-order valence-electron chi connectivity index (χ4n) is 1.68. The molecule has 0 heterocycles. The molecule has 0 N–H and O–H groups in total. The van der Waals surface area contributed by atoms with Gasteiger partial charge in [-0.1, -0.05) is 40.0 Å². The Hall–Kier alpha value is -0.0400. The van der Waals surface area contributed by atoms with Gasteiger partial charge < -0.3 is 4.74 Å². The minimum Gasteiger partial charge on any atom is -0.378 e. The van der Waals surface area contributed by atoms with Gasteiger partial charge in [0.25, 0.3) is 0 Å². The molecular formula is C12H24O. The maximum atomic E-state index is 5.94. The summed E-state index contributed by atoms with van der Waals surface area (Å²) in [4.78, 5) is 0. The zero-order valence-electron chi connectivity index (χ0n) is 9.44. The molecule has 1 aliphatic rings. The Morgan fingerprint density at radius 3 is 2.31 bits per heavy atom. The smallest absolute Gasteiger partial charge is 0.0575 e. The average molecular weight is 184 g/mol. The second-order valence-electron chi connectivity index (χ2n) is 5.09. The van der Waals surface area contributed by atoms with Gasteiger partial charge in [-0.25, -0.2) is 0 Å². The third-order valence-electron chi connectivity index (χ3n) is 3.22. The quantitative estimate of drug-likeness (QED) is 0.646. The zero-order chi connectivity index (χ0) is 9.73. The Morgan fingerprint density at radius 2 is 1.77 bits per heavy atom. The summed E-state index contributed by atoms with van der Waals surface area (Å²) in [6.45, 7) is 7.75. The van der Waals surface area contributed by atoms with Gasteiger partial charge in [-0.2, -0.15) is 0 Å². The molecule has 1 rings (SSSR count). The largest absolute Gasteiger partial charge is 0.378 e. The van der Waals surface area contributed by atoms with Gasteiger partial charge in [-0.05, 0) is 24.7 Å². The number of rotatable bonds is 4. The Morgan fingerprint density at radius 1 is 1.15 bits per heavy atom. The SMILES string of the molecule is CCC(C)(C)COC1CCCCC1. The van der Waals surface area contributed by atoms with Crippen molar-refractivity contribution in [1.29, 1.82) is 0 Å². The van der Waals surface area contributed by atoms with E-state index in [9.17, 15) is 0 Å². The molecule has 0 aromatic rings. The highest BCUT2D eigenvalue weighted by Crippen LogP contribution is 2.25. The summed E-state index contributed by atoms with van der Waals surface area (Å²) in [5.41, 5.74) is 0.372. The van der Waals surface area contributed by atoms with Crippen molar-refractivity contribution in [2.24, 2.45) is 5.41 Å². The van der Waals surface area contributed by atoms with Gasteiger partial charge >= 0.3 is 0 Å². The van der Waals surface area contributed by atoms with E-state index in [1.54, 1.807) is 0 Å². The standard InChI is InChI=1S/C12H24O/c1-4-12(2,3)10-13-11-8-6-5-7-9-11/h11H,4-10H2,1-3H3. The summed E-state index contributed by atoms with van der Waals surface area (Å²) < 4.78 is 5.94. The summed E-state index contributed by atoms with van der Waals surface area (Å²) in [5.74, 6) is 0. The first-order valence-corrected chi connectivity index (χ1v) is 5.76. The lowest BCUT2D eigenvalue weighted by Gasteiger charge is -2.28. The van der Waals surface area contributed by atoms with E-state index in [0.717, 1.165) is 6.61 Å². The Bertz CT molecular complexity index is 134. The summed E-state index contributed by atoms with van der Waals surface area (Å²) in [7, 11) is 0. The molecular weight excluding hydrogens is 160 g/mol. The van der Waals surface area contributed by atoms with E-state index in [0.29, 0.717) is 11.5 Å². The van der Waals surface area contributed by atoms with Crippen LogP contribution in [0.2, 0.25) is 0 Å². The second-order valence-corrected chi connectivity index (χ2v) is 5.09. The van der Waals surface area contributed by atoms with Crippen molar-refractivity contribution >= 4 is 0 Å². The molecule has 0 unspecified atom stereocenters. The molecule has 1 heteroatoms. The third-order valence-corrected chi connectivity index (χ3v) is 3.22. The van der Waals surface area contributed by atoms with Gasteiger partial charge in [0.15, 0.2) is 0 Å². The molecule has 1 nitrogen and oxygen atoms in total. The highest BCUT2D eigenvalue weighted by Gasteiger charge is 2.19. The van der Waals surface area contributed by atoms with Crippen molar-refractivity contribution in [3.05, 3.63) is 0 Å². The average Bonchev–Trinajstić information content (AvgIpc) is 2.17. The lowest BCUT2D eigenvalue weighted by Crippen LogP contribution is -2.25. The van der Waals surface area contributed by atoms with Crippen molar-refractivity contribution in [2.45, 2.75) is 65.4 Å². The van der Waals surface area contributed by atoms with Gasteiger partial charge in [0.2, 0.25) is 0 Å². The zero-order valence-corrected chi connectivity index (χ0v) is 9.44. The Balaban J connectivity index is 2.17. The van der Waals surface area contributed by atoms with Crippen molar-refractivity contribution in [2.75, 3.05) is 6.61 Å². The van der Waals surface area contributed by atoms with Crippen LogP contribution in [0.4, 0.5) is 0 Å². The topological polar surface area (TPSA) is 9.23 Å². The van der Waals surface area contributed by atoms with Crippen molar-refractivity contribution in [3.63, 3.8) is 0 Å². The maximum absolute atomic E-state index is 5.94. The molecule has 13 heavy (non-hydrogen) atoms. The number of ether oxygens (including phenoxy) is 1. The van der Waals surface area contributed by atoms with Crippen molar-refractivity contribution < 1.29 is 4.74 Å². The fourth-order valence-corrected chi connectivity index (χ4v) is 1.68. The summed E-state index contributed by atoms with van der Waals surface area (Å²) in [5, 5.41) is 0. The van der Waals surface area contributed by atoms with E-state index in [1.807, 2.05) is 0 Å². The van der Waals surface area contributed by atoms with Crippen molar-refractivity contribution in [3.8, 4) is 0 Å². The van der Waals surface area contributed by atoms with Crippen LogP contribution in [0.25, 0.3) is 0 Å². The van der Waals surface area contributed by atoms with E-state index >= 15 is 0 Å². The predicted molar refractivity (Wildman–Crippen MR) is 56.9 cm³/mol. The molecule has 78 valence electrons. The molecule has 0 spiro atoms. The summed E-state index contributed by atoms with van der Waals surface area (Å²) >= 11 is 0. The number of hydrogen-bond donors (Lipinski definition) is 0. The van der Waals surface area contributed by atoms with Crippen LogP contribution in [-0.2, 0) is 4.74 Å². The summed E-state index contributed by atoms with van der Waals surface area (Å²) in [6, 6.07) is 0. The van der Waals surface area contributed by atoms with Gasteiger partial charge in [0.05, 0.1) is 12.7 Å². The molecule has 0 atom stereocenters. The molecule has 0 bridgehead atoms. The Kier molecular flexibility index (Phi) is 4.24. The Labute approximate surface area is 82.9 Å². The lowest BCUT2D eigenvalue weighted by molar-refractivity contribution is -0.0158. The first kappa shape index (κ1) is 11.0. The van der Waals surface area contributed by atoms with Crippen molar-refractivity contribution in [1.82, 2.24) is 0 Å². The van der Waals surface area contributed by atoms with Crippen LogP contribution in [0.3, 0.4) is 0 Å². The highest BCUT2D eigenvalue weighted by molar-refractivity contribution is 4.69. The highest BCUT2D eigenvalue weighted by atomic mass is 16.5. The maximum Gasteiger partial charge on any atom is 0.0575 e. The normalized spacial score (nSPS) is 20.5. The molecule has 0 radical (unpaired) electrons. The molecule has 0 aromatic carbocycles. The van der Waals surface area contributed by atoms with Gasteiger partial charge in [0, 0.05) is 0 Å². The molecule has 0 aliphatic heterocycles. The second kappa shape index (κ2) is 4.99. The monoisotopic (exact) mass is 184 g/mol. The predicted octanol–water partition coefficient (Wildman–Crippen LogP) is 3.77. The molecule has 0 aromatic heterocycles. The van der Waals surface area contributed by atoms with Gasteiger partial charge in [0.1, 0.15) is 0 Å². The van der Waals surface area contributed by atoms with E-state index in [-0.39, 0.29) is 0 Å². The van der Waals surface area contributed by atoms with Crippen LogP contribution in [0.5, 0.6) is 0 Å². The first-order valence-electron chi connectivity index (χ1n) is 5.76. The van der Waals surface area contributed by atoms with Gasteiger partial charge in [-0.15, -0.1) is 0 Å². The van der Waals surface area contributed by atoms with Gasteiger partial charge in [-0.3, -0.25) is 0 Å². The van der Waals surface area contributed by atoms with E-state index < -0.39 is 0 Å². The van der Waals surface area contributed by atoms with Crippen LogP contribution in [0, 0.1) is 5.41 Å². The molecule has 1 fully saturated rings. The van der Waals surface area contributed by atoms with Crippen LogP contribution >= 0.6 is 0 Å². The molecule has 0 saturated heterocycles. The number of hydrogen-bond acceptors (Lipinski definition) is 1. The minimum atomic E-state index is 0.372. The van der Waals surface area contributed by atoms with E-state index in [1.165, 1.54) is 38.5 Å². The van der Waals surface area contributed by atoms with Crippen LogP contribution < -0.4 is 0 Å². The molecule has 1 saturated carbocycles. The van der Waals surface area contributed by atoms with E-state index in [2.05, 4.69) is 20.8 Å². The third kappa shape index (κ3) is 4.12. The lowest BCUT2D eigenvalue weighted by atomic mass is 9.91. The minimum absolute atomic E-state index is 0.372. The van der Waals surface area contributed by atoms with E-state index in [4.69, 9.17) is 4.74 Å². The van der Waals surface area contributed by atoms with Crippen LogP contribution in [0.15, 0.2) is 0 Å². The molecule has 1 aliphatic carbocycles. The van der Waals surface area contributed by atoms with Crippen LogP contribution in [0.1, 0.15) is 59.3 Å². The fraction of sp³-hybridized carbons (Fsp3) is 1.00. The first-order chi connectivity index (χ1) is 6.14. The van der Waals surface area contributed by atoms with Crippen LogP contribution in [-0.4, -0.2) is 12.7 Å².